The molecule has 0 saturated heterocycles. The van der Waals surface area contributed by atoms with Crippen molar-refractivity contribution in [1.29, 1.82) is 0 Å². The van der Waals surface area contributed by atoms with E-state index in [4.69, 9.17) is 4.74 Å². The fraction of sp³-hybridized carbons (Fsp3) is 0.529. The quantitative estimate of drug-likeness (QED) is 0.503. The van der Waals surface area contributed by atoms with Crippen molar-refractivity contribution >= 4 is 0 Å². The molecule has 1 aliphatic rings. The van der Waals surface area contributed by atoms with Crippen molar-refractivity contribution in [2.75, 3.05) is 0 Å². The van der Waals surface area contributed by atoms with Crippen LogP contribution in [0.4, 0.5) is 0 Å². The van der Waals surface area contributed by atoms with Gasteiger partial charge in [-0.1, -0.05) is 75.1 Å². The lowest BCUT2D eigenvalue weighted by molar-refractivity contribution is -0.000808. The zero-order valence-electron chi connectivity index (χ0n) is 11.3. The Morgan fingerprint density at radius 1 is 1.11 bits per heavy atom. The maximum Gasteiger partial charge on any atom is 0.101 e. The molecule has 0 saturated carbocycles. The van der Waals surface area contributed by atoms with Gasteiger partial charge >= 0.3 is 0 Å². The Labute approximate surface area is 111 Å². The van der Waals surface area contributed by atoms with Crippen molar-refractivity contribution in [3.8, 4) is 0 Å². The Bertz CT molecular complexity index is 355. The van der Waals surface area contributed by atoms with Crippen LogP contribution < -0.4 is 0 Å². The van der Waals surface area contributed by atoms with Gasteiger partial charge in [-0.25, -0.2) is 0 Å². The lowest BCUT2D eigenvalue weighted by Gasteiger charge is -2.26. The van der Waals surface area contributed by atoms with Gasteiger partial charge in [0.25, 0.3) is 0 Å². The molecule has 0 aliphatic carbocycles. The van der Waals surface area contributed by atoms with E-state index in [0.29, 0.717) is 6.10 Å². The number of hydrogen-bond acceptors (Lipinski definition) is 1. The van der Waals surface area contributed by atoms with E-state index in [1.54, 1.807) is 0 Å². The summed E-state index contributed by atoms with van der Waals surface area (Å²) in [4.78, 5) is 0. The topological polar surface area (TPSA) is 9.23 Å². The molecule has 1 aromatic rings. The van der Waals surface area contributed by atoms with Gasteiger partial charge in [-0.05, 0) is 18.4 Å². The molecule has 2 rings (SSSR count). The van der Waals surface area contributed by atoms with E-state index in [0.717, 1.165) is 6.42 Å². The smallest absolute Gasteiger partial charge is 0.101 e. The molecule has 0 fully saturated rings. The predicted molar refractivity (Wildman–Crippen MR) is 76.6 cm³/mol. The van der Waals surface area contributed by atoms with Gasteiger partial charge in [-0.2, -0.15) is 0 Å². The fourth-order valence-corrected chi connectivity index (χ4v) is 2.48. The molecule has 2 atom stereocenters. The van der Waals surface area contributed by atoms with Crippen LogP contribution in [0.25, 0.3) is 0 Å². The SMILES string of the molecule is CCCCCC[C@H]1CC=C[C@@H](c2ccccc2)O1. The number of unbranched alkanes of at least 4 members (excludes halogenated alkanes) is 3. The maximum absolute atomic E-state index is 6.17. The molecule has 98 valence electrons. The highest BCUT2D eigenvalue weighted by Gasteiger charge is 2.18. The molecule has 1 heterocycles. The molecular formula is C17H24O. The summed E-state index contributed by atoms with van der Waals surface area (Å²) in [5.41, 5.74) is 1.27. The van der Waals surface area contributed by atoms with Gasteiger partial charge in [0.2, 0.25) is 0 Å². The van der Waals surface area contributed by atoms with Crippen molar-refractivity contribution in [3.63, 3.8) is 0 Å². The number of benzene rings is 1. The van der Waals surface area contributed by atoms with Crippen LogP contribution in [-0.4, -0.2) is 6.10 Å². The second-order valence-electron chi connectivity index (χ2n) is 5.10. The molecule has 0 radical (unpaired) electrons. The van der Waals surface area contributed by atoms with E-state index in [1.807, 2.05) is 0 Å². The van der Waals surface area contributed by atoms with Crippen molar-refractivity contribution in [1.82, 2.24) is 0 Å². The second kappa shape index (κ2) is 7.38. The van der Waals surface area contributed by atoms with E-state index < -0.39 is 0 Å². The highest BCUT2D eigenvalue weighted by molar-refractivity contribution is 5.22. The lowest BCUT2D eigenvalue weighted by Crippen LogP contribution is -2.18. The third-order valence-corrected chi connectivity index (χ3v) is 3.56. The highest BCUT2D eigenvalue weighted by Crippen LogP contribution is 2.28. The van der Waals surface area contributed by atoms with Gasteiger partial charge in [0, 0.05) is 0 Å². The molecule has 0 spiro atoms. The number of hydrogen-bond donors (Lipinski definition) is 0. The van der Waals surface area contributed by atoms with Crippen LogP contribution in [0.2, 0.25) is 0 Å². The number of rotatable bonds is 6. The first-order valence-electron chi connectivity index (χ1n) is 7.27. The van der Waals surface area contributed by atoms with Gasteiger partial charge < -0.3 is 4.74 Å². The molecule has 1 aromatic carbocycles. The van der Waals surface area contributed by atoms with Gasteiger partial charge in [0.05, 0.1) is 6.10 Å². The Morgan fingerprint density at radius 3 is 2.72 bits per heavy atom. The zero-order valence-corrected chi connectivity index (χ0v) is 11.3. The highest BCUT2D eigenvalue weighted by atomic mass is 16.5. The maximum atomic E-state index is 6.17. The standard InChI is InChI=1S/C17H24O/c1-2-3-4-8-12-16-13-9-14-17(18-16)15-10-6-5-7-11-15/h5-7,9-11,14,16-17H,2-4,8,12-13H2,1H3/t16-,17-/m0/s1. The Hall–Kier alpha value is -1.08. The third kappa shape index (κ3) is 3.99. The predicted octanol–water partition coefficient (Wildman–Crippen LogP) is 5.04. The van der Waals surface area contributed by atoms with Crippen LogP contribution in [0.3, 0.4) is 0 Å². The summed E-state index contributed by atoms with van der Waals surface area (Å²) in [6.45, 7) is 2.26. The molecule has 18 heavy (non-hydrogen) atoms. The van der Waals surface area contributed by atoms with Gasteiger partial charge in [-0.15, -0.1) is 0 Å². The van der Waals surface area contributed by atoms with E-state index in [-0.39, 0.29) is 6.10 Å². The minimum atomic E-state index is 0.163. The molecule has 1 aliphatic heterocycles. The van der Waals surface area contributed by atoms with Crippen molar-refractivity contribution < 1.29 is 4.74 Å². The Balaban J connectivity index is 1.82. The first-order valence-corrected chi connectivity index (χ1v) is 7.27. The first-order chi connectivity index (χ1) is 8.90. The Kier molecular flexibility index (Phi) is 5.47. The zero-order chi connectivity index (χ0) is 12.6. The third-order valence-electron chi connectivity index (χ3n) is 3.56. The van der Waals surface area contributed by atoms with Crippen LogP contribution >= 0.6 is 0 Å². The van der Waals surface area contributed by atoms with E-state index in [9.17, 15) is 0 Å². The summed E-state index contributed by atoms with van der Waals surface area (Å²) in [7, 11) is 0. The Morgan fingerprint density at radius 2 is 1.94 bits per heavy atom. The molecule has 1 heteroatoms. The normalized spacial score (nSPS) is 23.2. The monoisotopic (exact) mass is 244 g/mol. The summed E-state index contributed by atoms with van der Waals surface area (Å²) < 4.78 is 6.17. The summed E-state index contributed by atoms with van der Waals surface area (Å²) in [5.74, 6) is 0. The molecular weight excluding hydrogens is 220 g/mol. The summed E-state index contributed by atoms with van der Waals surface area (Å²) in [6, 6.07) is 10.5. The van der Waals surface area contributed by atoms with E-state index >= 15 is 0 Å². The van der Waals surface area contributed by atoms with Gasteiger partial charge in [0.1, 0.15) is 6.10 Å². The average Bonchev–Trinajstić information content (AvgIpc) is 2.45. The summed E-state index contributed by atoms with van der Waals surface area (Å²) >= 11 is 0. The molecule has 1 nitrogen and oxygen atoms in total. The molecule has 0 N–H and O–H groups in total. The van der Waals surface area contributed by atoms with E-state index in [2.05, 4.69) is 49.4 Å². The molecule has 0 bridgehead atoms. The largest absolute Gasteiger partial charge is 0.366 e. The summed E-state index contributed by atoms with van der Waals surface area (Å²) in [6.07, 6.45) is 12.6. The fourth-order valence-electron chi connectivity index (χ4n) is 2.48. The van der Waals surface area contributed by atoms with Crippen LogP contribution in [-0.2, 0) is 4.74 Å². The minimum Gasteiger partial charge on any atom is -0.366 e. The van der Waals surface area contributed by atoms with E-state index in [1.165, 1.54) is 37.7 Å². The summed E-state index contributed by atoms with van der Waals surface area (Å²) in [5, 5.41) is 0. The molecule has 0 amide bonds. The second-order valence-corrected chi connectivity index (χ2v) is 5.10. The molecule has 0 unspecified atom stereocenters. The molecule has 0 aromatic heterocycles. The average molecular weight is 244 g/mol. The van der Waals surface area contributed by atoms with Crippen LogP contribution in [0, 0.1) is 0 Å². The van der Waals surface area contributed by atoms with Crippen molar-refractivity contribution in [2.45, 2.75) is 57.7 Å². The van der Waals surface area contributed by atoms with Crippen molar-refractivity contribution in [3.05, 3.63) is 48.0 Å². The van der Waals surface area contributed by atoms with Gasteiger partial charge in [0.15, 0.2) is 0 Å². The first kappa shape index (κ1) is 13.4. The number of ether oxygens (including phenoxy) is 1. The van der Waals surface area contributed by atoms with Crippen LogP contribution in [0.1, 0.15) is 57.1 Å². The minimum absolute atomic E-state index is 0.163. The van der Waals surface area contributed by atoms with Crippen LogP contribution in [0.15, 0.2) is 42.5 Å². The van der Waals surface area contributed by atoms with Crippen molar-refractivity contribution in [2.24, 2.45) is 0 Å². The lowest BCUT2D eigenvalue weighted by atomic mass is 10.0. The van der Waals surface area contributed by atoms with Crippen LogP contribution in [0.5, 0.6) is 0 Å². The van der Waals surface area contributed by atoms with Gasteiger partial charge in [-0.3, -0.25) is 0 Å².